The minimum atomic E-state index is -5.03. The molecule has 19 heteroatoms. The first-order chi connectivity index (χ1) is 54.7. The smallest absolute Gasteiger partial charge is 0.462 e. The van der Waals surface area contributed by atoms with Crippen molar-refractivity contribution in [3.63, 3.8) is 0 Å². The van der Waals surface area contributed by atoms with Crippen LogP contribution < -0.4 is 0 Å². The van der Waals surface area contributed by atoms with Gasteiger partial charge in [-0.1, -0.05) is 291 Å². The first-order valence-corrected chi connectivity index (χ1v) is 44.6. The van der Waals surface area contributed by atoms with Crippen LogP contribution in [0.5, 0.6) is 0 Å². The Morgan fingerprint density at radius 2 is 0.491 bits per heavy atom. The highest BCUT2D eigenvalue weighted by molar-refractivity contribution is 7.47. The molecule has 628 valence electrons. The zero-order valence-electron chi connectivity index (χ0n) is 68.7. The molecule has 0 radical (unpaired) electrons. The number of phosphoric acid groups is 2. The fourth-order valence-corrected chi connectivity index (χ4v) is 11.4. The van der Waals surface area contributed by atoms with Crippen LogP contribution in [-0.2, 0) is 65.4 Å². The topological polar surface area (TPSA) is 237 Å². The van der Waals surface area contributed by atoms with E-state index < -0.39 is 97.5 Å². The monoisotopic (exact) mass is 1590 g/mol. The zero-order valence-corrected chi connectivity index (χ0v) is 70.5. The summed E-state index contributed by atoms with van der Waals surface area (Å²) < 4.78 is 68.5. The van der Waals surface area contributed by atoms with Crippen LogP contribution in [0.4, 0.5) is 0 Å². The average Bonchev–Trinajstić information content (AvgIpc) is 0.898. The van der Waals surface area contributed by atoms with Crippen molar-refractivity contribution in [1.29, 1.82) is 0 Å². The Bertz CT molecular complexity index is 3040. The number of aliphatic hydroxyl groups excluding tert-OH is 1. The third kappa shape index (κ3) is 81.1. The van der Waals surface area contributed by atoms with Crippen LogP contribution in [-0.4, -0.2) is 96.7 Å². The molecule has 0 aromatic carbocycles. The van der Waals surface area contributed by atoms with Gasteiger partial charge in [0.1, 0.15) is 19.3 Å². The number of carbonyl (C=O) groups is 4. The summed E-state index contributed by atoms with van der Waals surface area (Å²) >= 11 is 0. The van der Waals surface area contributed by atoms with E-state index in [2.05, 4.69) is 216 Å². The van der Waals surface area contributed by atoms with E-state index in [0.717, 1.165) is 135 Å². The third-order valence-corrected chi connectivity index (χ3v) is 18.0. The Morgan fingerprint density at radius 1 is 0.259 bits per heavy atom. The van der Waals surface area contributed by atoms with Crippen LogP contribution in [0.15, 0.2) is 231 Å². The zero-order chi connectivity index (χ0) is 81.7. The van der Waals surface area contributed by atoms with Crippen LogP contribution in [0.2, 0.25) is 0 Å². The van der Waals surface area contributed by atoms with Gasteiger partial charge >= 0.3 is 39.5 Å². The molecular weight excluding hydrogens is 1450 g/mol. The van der Waals surface area contributed by atoms with Crippen LogP contribution in [0.25, 0.3) is 0 Å². The lowest BCUT2D eigenvalue weighted by Gasteiger charge is -2.21. The highest BCUT2D eigenvalue weighted by Crippen LogP contribution is 2.45. The van der Waals surface area contributed by atoms with E-state index in [4.69, 9.17) is 37.0 Å². The average molecular weight is 1600 g/mol. The predicted molar refractivity (Wildman–Crippen MR) is 463 cm³/mol. The number of hydrogen-bond donors (Lipinski definition) is 3. The number of ether oxygens (including phenoxy) is 4. The van der Waals surface area contributed by atoms with Gasteiger partial charge in [-0.05, 0) is 186 Å². The normalized spacial score (nSPS) is 15.0. The Morgan fingerprint density at radius 3 is 0.786 bits per heavy atom. The van der Waals surface area contributed by atoms with Crippen LogP contribution in [0.3, 0.4) is 0 Å². The molecule has 17 nitrogen and oxygen atoms in total. The van der Waals surface area contributed by atoms with E-state index >= 15 is 0 Å². The van der Waals surface area contributed by atoms with Gasteiger partial charge in [0, 0.05) is 25.7 Å². The van der Waals surface area contributed by atoms with E-state index in [-0.39, 0.29) is 25.7 Å². The van der Waals surface area contributed by atoms with Crippen molar-refractivity contribution >= 4 is 39.5 Å². The lowest BCUT2D eigenvalue weighted by molar-refractivity contribution is -0.161. The van der Waals surface area contributed by atoms with Crippen molar-refractivity contribution in [2.75, 3.05) is 39.6 Å². The number of phosphoric ester groups is 2. The molecule has 0 aliphatic heterocycles. The molecule has 2 unspecified atom stereocenters. The van der Waals surface area contributed by atoms with Gasteiger partial charge in [-0.15, -0.1) is 0 Å². The highest BCUT2D eigenvalue weighted by atomic mass is 31.2. The molecule has 112 heavy (non-hydrogen) atoms. The minimum Gasteiger partial charge on any atom is -0.462 e. The lowest BCUT2D eigenvalue weighted by Crippen LogP contribution is -2.30. The molecule has 0 bridgehead atoms. The summed E-state index contributed by atoms with van der Waals surface area (Å²) in [4.78, 5) is 73.1. The summed E-state index contributed by atoms with van der Waals surface area (Å²) in [5.74, 6) is -2.47. The molecule has 0 fully saturated rings. The molecular formula is C93H144O17P2. The summed E-state index contributed by atoms with van der Waals surface area (Å²) in [7, 11) is -10.1. The molecule has 3 N–H and O–H groups in total. The summed E-state index contributed by atoms with van der Waals surface area (Å²) in [5.41, 5.74) is 0. The number of carbonyl (C=O) groups excluding carboxylic acids is 4. The maximum absolute atomic E-state index is 13.1. The van der Waals surface area contributed by atoms with Crippen LogP contribution in [0.1, 0.15) is 272 Å². The molecule has 0 rings (SSSR count). The van der Waals surface area contributed by atoms with Gasteiger partial charge in [-0.2, -0.15) is 0 Å². The summed E-state index contributed by atoms with van der Waals surface area (Å²) in [6.07, 6.45) is 106. The maximum atomic E-state index is 13.1. The number of unbranched alkanes of at least 4 members (excludes halogenated alkanes) is 11. The van der Waals surface area contributed by atoms with Crippen LogP contribution in [0, 0.1) is 0 Å². The Kier molecular flexibility index (Phi) is 77.1. The van der Waals surface area contributed by atoms with Crippen molar-refractivity contribution in [3.8, 4) is 0 Å². The van der Waals surface area contributed by atoms with Crippen molar-refractivity contribution in [2.45, 2.75) is 290 Å². The molecule has 0 heterocycles. The first-order valence-electron chi connectivity index (χ1n) is 41.6. The van der Waals surface area contributed by atoms with Gasteiger partial charge in [0.2, 0.25) is 0 Å². The van der Waals surface area contributed by atoms with Crippen molar-refractivity contribution in [2.24, 2.45) is 0 Å². The number of hydrogen-bond acceptors (Lipinski definition) is 15. The fraction of sp³-hybridized carbons (Fsp3) is 0.548. The maximum Gasteiger partial charge on any atom is 0.472 e. The number of esters is 4. The van der Waals surface area contributed by atoms with E-state index in [1.165, 1.54) is 38.5 Å². The quantitative estimate of drug-likeness (QED) is 0.0169. The van der Waals surface area contributed by atoms with Crippen LogP contribution >= 0.6 is 15.6 Å². The molecule has 0 saturated heterocycles. The second kappa shape index (κ2) is 82.1. The van der Waals surface area contributed by atoms with Gasteiger partial charge in [-0.25, -0.2) is 9.13 Å². The Labute approximate surface area is 676 Å². The van der Waals surface area contributed by atoms with Crippen molar-refractivity contribution in [1.82, 2.24) is 0 Å². The van der Waals surface area contributed by atoms with E-state index in [1.807, 2.05) is 42.5 Å². The number of aliphatic hydroxyl groups is 1. The Hall–Kier alpha value is -6.88. The molecule has 0 aromatic heterocycles. The van der Waals surface area contributed by atoms with Gasteiger partial charge in [-0.3, -0.25) is 37.3 Å². The van der Waals surface area contributed by atoms with Gasteiger partial charge in [0.25, 0.3) is 0 Å². The highest BCUT2D eigenvalue weighted by Gasteiger charge is 2.30. The molecule has 0 aliphatic rings. The Balaban J connectivity index is 5.62. The third-order valence-electron chi connectivity index (χ3n) is 16.1. The number of allylic oxidation sites excluding steroid dienone is 38. The largest absolute Gasteiger partial charge is 0.472 e. The SMILES string of the molecule is CC/C=C\C/C=C\C/C=C\C/C=C\C/C=C\C/C=C\CCC(=O)O[C@H](COC(=O)CCCCC/C=C\C/C=C\C/C=C\C/C=C\C/C=C\CC)COP(=O)(O)OC[C@@H](O)COP(=O)(O)OC[C@@H](COC(=O)CCC/C=C\C/C=C\C/C=C\C/C=C\CCCCC)OC(=O)CCC/C=C\C/C=C\C/C=C\C/C=C\CCCCC. The summed E-state index contributed by atoms with van der Waals surface area (Å²) in [5, 5.41) is 10.7. The first kappa shape index (κ1) is 105. The second-order valence-corrected chi connectivity index (χ2v) is 29.5. The van der Waals surface area contributed by atoms with E-state index in [9.17, 15) is 43.2 Å². The molecule has 0 amide bonds. The lowest BCUT2D eigenvalue weighted by atomic mass is 10.1. The van der Waals surface area contributed by atoms with E-state index in [0.29, 0.717) is 44.9 Å². The molecule has 0 aromatic rings. The molecule has 0 saturated carbocycles. The number of rotatable bonds is 75. The van der Waals surface area contributed by atoms with Gasteiger partial charge < -0.3 is 33.8 Å². The van der Waals surface area contributed by atoms with Gasteiger partial charge in [0.15, 0.2) is 12.2 Å². The fourth-order valence-electron chi connectivity index (χ4n) is 9.84. The van der Waals surface area contributed by atoms with Gasteiger partial charge in [0.05, 0.1) is 26.4 Å². The standard InChI is InChI=1S/C93H144O17P2/c1-5-9-13-17-21-25-29-33-37-41-43-47-50-54-58-62-66-70-74-78-91(96)104-84-89(110-93(98)80-76-72-68-64-60-56-52-48-44-42-38-34-30-26-22-18-14-10-6-2)86-108-112(101,102)106-82-87(94)81-105-111(99,100)107-85-88(109-92(97)79-75-71-67-63-59-55-51-46-40-36-32-28-24-20-16-12-8-4)83-103-90(95)77-73-69-65-61-57-53-49-45-39-35-31-27-23-19-15-11-7-3/h9-10,13-14,21-28,33-40,43-44,47-49,51,53-56,58,60-61,63,65,67-68,72,87-89,94H,5-8,11-12,15-20,29-32,41-42,45-46,50,52,57,59,62,64,66,69-71,73-86H2,1-4H3,(H,99,100)(H,101,102)/b13-9-,14-10-,25-21-,26-22-,27-23-,28-24-,37-33-,38-34-,39-35-,40-36-,47-43-,48-44-,53-49-,55-51-,58-54-,60-56-,65-61-,67-63-,72-68-/t87-,88+,89+/m0/s1. The predicted octanol–water partition coefficient (Wildman–Crippen LogP) is 25.0. The summed E-state index contributed by atoms with van der Waals surface area (Å²) in [6.45, 7) is 4.30. The van der Waals surface area contributed by atoms with Crippen molar-refractivity contribution < 1.29 is 80.2 Å². The summed E-state index contributed by atoms with van der Waals surface area (Å²) in [6, 6.07) is 0. The minimum absolute atomic E-state index is 0.00521. The second-order valence-electron chi connectivity index (χ2n) is 26.6. The molecule has 0 spiro atoms. The van der Waals surface area contributed by atoms with Crippen molar-refractivity contribution in [3.05, 3.63) is 231 Å². The molecule has 5 atom stereocenters. The van der Waals surface area contributed by atoms with E-state index in [1.54, 1.807) is 0 Å². The molecule has 0 aliphatic carbocycles.